The van der Waals surface area contributed by atoms with E-state index in [4.69, 9.17) is 4.98 Å². The summed E-state index contributed by atoms with van der Waals surface area (Å²) in [6, 6.07) is 7.81. The van der Waals surface area contributed by atoms with Crippen LogP contribution >= 0.6 is 0 Å². The van der Waals surface area contributed by atoms with Crippen molar-refractivity contribution in [2.24, 2.45) is 5.92 Å². The van der Waals surface area contributed by atoms with E-state index in [-0.39, 0.29) is 12.3 Å². The molecule has 1 fully saturated rings. The second kappa shape index (κ2) is 7.37. The van der Waals surface area contributed by atoms with Crippen LogP contribution < -0.4 is 0 Å². The molecule has 2 N–H and O–H groups in total. The second-order valence-corrected chi connectivity index (χ2v) is 9.28. The van der Waals surface area contributed by atoms with Crippen molar-refractivity contribution in [2.75, 3.05) is 0 Å². The van der Waals surface area contributed by atoms with Crippen molar-refractivity contribution >= 4 is 28.0 Å². The number of H-pyrrole nitrogens is 1. The molecule has 1 aliphatic carbocycles. The number of hydrogen-bond acceptors (Lipinski definition) is 4. The Morgan fingerprint density at radius 3 is 2.73 bits per heavy atom. The van der Waals surface area contributed by atoms with E-state index in [0.717, 1.165) is 28.8 Å². The molecule has 0 saturated heterocycles. The van der Waals surface area contributed by atoms with Gasteiger partial charge in [-0.15, -0.1) is 0 Å². The summed E-state index contributed by atoms with van der Waals surface area (Å²) >= 11 is 0. The normalized spacial score (nSPS) is 18.4. The molecular formula is C24H21F2N5O2. The highest BCUT2D eigenvalue weighted by atomic mass is 19.2. The summed E-state index contributed by atoms with van der Waals surface area (Å²) in [4.78, 5) is 16.3. The first-order chi connectivity index (χ1) is 15.7. The highest BCUT2D eigenvalue weighted by Gasteiger charge is 2.42. The highest BCUT2D eigenvalue weighted by molar-refractivity contribution is 5.94. The zero-order chi connectivity index (χ0) is 23.5. The molecule has 9 heteroatoms. The summed E-state index contributed by atoms with van der Waals surface area (Å²) in [5.74, 6) is -3.29. The predicted molar refractivity (Wildman–Crippen MR) is 117 cm³/mol. The minimum absolute atomic E-state index is 0.0824. The third-order valence-electron chi connectivity index (χ3n) is 6.60. The van der Waals surface area contributed by atoms with Crippen LogP contribution in [0.3, 0.4) is 0 Å². The summed E-state index contributed by atoms with van der Waals surface area (Å²) in [6.45, 7) is 3.84. The monoisotopic (exact) mass is 449 g/mol. The fourth-order valence-corrected chi connectivity index (χ4v) is 4.87. The maximum atomic E-state index is 14.3. The summed E-state index contributed by atoms with van der Waals surface area (Å²) in [6.07, 6.45) is 2.71. The number of nitrogens with zero attached hydrogens (tertiary/aromatic N) is 4. The van der Waals surface area contributed by atoms with Crippen molar-refractivity contribution in [1.29, 1.82) is 5.26 Å². The van der Waals surface area contributed by atoms with Gasteiger partial charge in [-0.2, -0.15) is 10.4 Å². The molecule has 0 unspecified atom stereocenters. The number of benzene rings is 1. The number of aliphatic carboxylic acids is 1. The quantitative estimate of drug-likeness (QED) is 0.448. The van der Waals surface area contributed by atoms with Gasteiger partial charge in [0, 0.05) is 40.2 Å². The lowest BCUT2D eigenvalue weighted by Gasteiger charge is -2.35. The van der Waals surface area contributed by atoms with Crippen LogP contribution in [0.1, 0.15) is 50.3 Å². The molecule has 0 aliphatic heterocycles. The predicted octanol–water partition coefficient (Wildman–Crippen LogP) is 4.95. The van der Waals surface area contributed by atoms with E-state index in [1.165, 1.54) is 6.07 Å². The molecule has 5 rings (SSSR count). The molecule has 3 aromatic heterocycles. The van der Waals surface area contributed by atoms with Crippen molar-refractivity contribution in [3.8, 4) is 11.8 Å². The molecule has 0 bridgehead atoms. The number of nitriles is 1. The third kappa shape index (κ3) is 3.25. The second-order valence-electron chi connectivity index (χ2n) is 9.28. The largest absolute Gasteiger partial charge is 0.481 e. The zero-order valence-electron chi connectivity index (χ0n) is 18.1. The Hall–Kier alpha value is -3.80. The zero-order valence-corrected chi connectivity index (χ0v) is 18.1. The number of carboxylic acid groups (broad SMARTS) is 1. The van der Waals surface area contributed by atoms with Crippen molar-refractivity contribution in [2.45, 2.75) is 44.4 Å². The van der Waals surface area contributed by atoms with Gasteiger partial charge in [-0.3, -0.25) is 9.89 Å². The van der Waals surface area contributed by atoms with Crippen LogP contribution in [0.15, 0.2) is 30.5 Å². The molecule has 0 atom stereocenters. The van der Waals surface area contributed by atoms with Crippen molar-refractivity contribution < 1.29 is 18.7 Å². The van der Waals surface area contributed by atoms with E-state index >= 15 is 0 Å². The number of nitrogens with one attached hydrogen (secondary N) is 1. The van der Waals surface area contributed by atoms with Gasteiger partial charge in [0.25, 0.3) is 0 Å². The number of carboxylic acids is 1. The average molecular weight is 449 g/mol. The molecule has 33 heavy (non-hydrogen) atoms. The van der Waals surface area contributed by atoms with E-state index in [1.807, 2.05) is 24.5 Å². The van der Waals surface area contributed by atoms with Gasteiger partial charge < -0.3 is 9.67 Å². The van der Waals surface area contributed by atoms with Crippen LogP contribution in [0.25, 0.3) is 27.8 Å². The number of fused-ring (bicyclic) bond motifs is 2. The molecule has 1 aliphatic rings. The fraction of sp³-hybridized carbons (Fsp3) is 0.333. The molecular weight excluding hydrogens is 428 g/mol. The lowest BCUT2D eigenvalue weighted by atomic mass is 9.68. The van der Waals surface area contributed by atoms with Gasteiger partial charge in [-0.25, -0.2) is 13.8 Å². The number of hydrogen-bond donors (Lipinski definition) is 2. The van der Waals surface area contributed by atoms with Gasteiger partial charge in [0.15, 0.2) is 17.3 Å². The molecule has 0 amide bonds. The van der Waals surface area contributed by atoms with Crippen molar-refractivity contribution in [1.82, 2.24) is 19.7 Å². The minimum Gasteiger partial charge on any atom is -0.481 e. The van der Waals surface area contributed by atoms with Crippen molar-refractivity contribution in [3.05, 3.63) is 53.4 Å². The third-order valence-corrected chi connectivity index (χ3v) is 6.60. The Kier molecular flexibility index (Phi) is 4.71. The van der Waals surface area contributed by atoms with Gasteiger partial charge in [-0.1, -0.05) is 13.8 Å². The molecule has 0 radical (unpaired) electrons. The Balaban J connectivity index is 1.87. The van der Waals surface area contributed by atoms with Crippen LogP contribution in [0.5, 0.6) is 0 Å². The fourth-order valence-electron chi connectivity index (χ4n) is 4.87. The van der Waals surface area contributed by atoms with Gasteiger partial charge in [0.1, 0.15) is 0 Å². The number of rotatable bonds is 5. The lowest BCUT2D eigenvalue weighted by Crippen LogP contribution is -2.31. The summed E-state index contributed by atoms with van der Waals surface area (Å²) in [5, 5.41) is 26.6. The number of aromatic amines is 1. The van der Waals surface area contributed by atoms with E-state index in [1.54, 1.807) is 6.20 Å². The minimum atomic E-state index is -0.980. The molecule has 1 aromatic carbocycles. The van der Waals surface area contributed by atoms with Crippen LogP contribution in [-0.4, -0.2) is 30.8 Å². The summed E-state index contributed by atoms with van der Waals surface area (Å²) in [7, 11) is 0. The van der Waals surface area contributed by atoms with Gasteiger partial charge >= 0.3 is 5.97 Å². The topological polar surface area (TPSA) is 108 Å². The molecule has 3 heterocycles. The molecule has 7 nitrogen and oxygen atoms in total. The molecule has 0 spiro atoms. The highest BCUT2D eigenvalue weighted by Crippen LogP contribution is 2.50. The Morgan fingerprint density at radius 1 is 1.30 bits per heavy atom. The first-order valence-electron chi connectivity index (χ1n) is 10.7. The summed E-state index contributed by atoms with van der Waals surface area (Å²) < 4.78 is 29.9. The van der Waals surface area contributed by atoms with E-state index in [0.29, 0.717) is 35.2 Å². The van der Waals surface area contributed by atoms with Crippen molar-refractivity contribution in [3.63, 3.8) is 0 Å². The maximum Gasteiger partial charge on any atom is 0.306 e. The molecule has 4 aromatic rings. The van der Waals surface area contributed by atoms with E-state index < -0.39 is 28.9 Å². The number of halogens is 2. The average Bonchev–Trinajstić information content (AvgIpc) is 3.29. The number of aromatic nitrogens is 4. The Bertz CT molecular complexity index is 1460. The van der Waals surface area contributed by atoms with Gasteiger partial charge in [0.05, 0.1) is 29.2 Å². The first-order valence-corrected chi connectivity index (χ1v) is 10.7. The van der Waals surface area contributed by atoms with E-state index in [9.17, 15) is 23.9 Å². The van der Waals surface area contributed by atoms with Crippen LogP contribution in [-0.2, 0) is 10.2 Å². The van der Waals surface area contributed by atoms with E-state index in [2.05, 4.69) is 16.3 Å². The number of pyridine rings is 1. The van der Waals surface area contributed by atoms with Crippen LogP contribution in [0.4, 0.5) is 8.78 Å². The molecule has 168 valence electrons. The molecule has 1 saturated carbocycles. The smallest absolute Gasteiger partial charge is 0.306 e. The first kappa shape index (κ1) is 21.1. The lowest BCUT2D eigenvalue weighted by molar-refractivity contribution is -0.145. The number of carbonyl (C=O) groups is 1. The Morgan fingerprint density at radius 2 is 2.06 bits per heavy atom. The van der Waals surface area contributed by atoms with Gasteiger partial charge in [-0.05, 0) is 37.0 Å². The summed E-state index contributed by atoms with van der Waals surface area (Å²) in [5.41, 5.74) is 3.23. The maximum absolute atomic E-state index is 14.3. The van der Waals surface area contributed by atoms with Crippen LogP contribution in [0, 0.1) is 28.9 Å². The standard InChI is InChI=1S/C24H21F2N5O2/c1-24(2,5-6-27)21-19(12-7-13(8-12)23(32)33)20-18(9-14-11-28-30-22(14)29-20)31(21)15-3-4-16(25)17(26)10-15/h3-4,9-13H,5,7-8H2,1-2H3,(H,32,33)(H,28,29,30)/t12-,13-. The van der Waals surface area contributed by atoms with Gasteiger partial charge in [0.2, 0.25) is 0 Å². The SMILES string of the molecule is CC(C)(CC#N)c1c([C@H]2C[C@H](C(=O)O)C2)c2nc3[nH]ncc3cc2n1-c1ccc(F)c(F)c1. The Labute approximate surface area is 187 Å². The van der Waals surface area contributed by atoms with Crippen LogP contribution in [0.2, 0.25) is 0 Å².